The normalized spacial score (nSPS) is 14.9. The van der Waals surface area contributed by atoms with Gasteiger partial charge in [0.1, 0.15) is 6.54 Å². The predicted octanol–water partition coefficient (Wildman–Crippen LogP) is 1.14. The van der Waals surface area contributed by atoms with Crippen LogP contribution in [0.15, 0.2) is 41.2 Å². The molecule has 2 aromatic rings. The average Bonchev–Trinajstić information content (AvgIpc) is 2.68. The van der Waals surface area contributed by atoms with E-state index in [0.717, 1.165) is 18.5 Å². The van der Waals surface area contributed by atoms with Crippen LogP contribution in [0.1, 0.15) is 25.7 Å². The fourth-order valence-electron chi connectivity index (χ4n) is 3.40. The number of nitrogens with one attached hydrogen (secondary N) is 2. The molecule has 0 aliphatic carbocycles. The smallest absolute Gasteiger partial charge is 0.267 e. The minimum Gasteiger partial charge on any atom is -0.354 e. The lowest BCUT2D eigenvalue weighted by Gasteiger charge is -2.23. The molecule has 0 radical (unpaired) electrons. The summed E-state index contributed by atoms with van der Waals surface area (Å²) in [5, 5.41) is 7.84. The van der Waals surface area contributed by atoms with E-state index in [1.807, 2.05) is 12.1 Å². The number of aromatic nitrogens is 2. The van der Waals surface area contributed by atoms with Gasteiger partial charge in [0, 0.05) is 29.6 Å². The minimum absolute atomic E-state index is 0.0726. The number of likely N-dealkylation sites (tertiary alicyclic amines) is 1. The molecule has 0 saturated carbocycles. The lowest BCUT2D eigenvalue weighted by molar-refractivity contribution is -0.904. The van der Waals surface area contributed by atoms with E-state index in [-0.39, 0.29) is 18.0 Å². The molecule has 1 fully saturated rings. The summed E-state index contributed by atoms with van der Waals surface area (Å²) in [5.74, 6) is -0.188. The Hall–Kier alpha value is -2.18. The highest BCUT2D eigenvalue weighted by atomic mass is 35.5. The van der Waals surface area contributed by atoms with Crippen molar-refractivity contribution in [2.24, 2.45) is 0 Å². The Morgan fingerprint density at radius 2 is 1.85 bits per heavy atom. The van der Waals surface area contributed by atoms with Crippen molar-refractivity contribution in [3.05, 3.63) is 51.8 Å². The summed E-state index contributed by atoms with van der Waals surface area (Å²) in [5.41, 5.74) is 1.19. The van der Waals surface area contributed by atoms with E-state index in [9.17, 15) is 9.59 Å². The van der Waals surface area contributed by atoms with Gasteiger partial charge in [-0.2, -0.15) is 5.10 Å². The molecule has 27 heavy (non-hydrogen) atoms. The number of nitrogens with zero attached hydrogens (tertiary/aromatic N) is 2. The van der Waals surface area contributed by atoms with E-state index in [1.165, 1.54) is 43.1 Å². The highest BCUT2D eigenvalue weighted by Crippen LogP contribution is 2.18. The molecule has 2 heterocycles. The van der Waals surface area contributed by atoms with Crippen molar-refractivity contribution in [3.8, 4) is 11.3 Å². The molecule has 144 valence electrons. The third-order valence-corrected chi connectivity index (χ3v) is 5.14. The molecule has 7 heteroatoms. The van der Waals surface area contributed by atoms with Gasteiger partial charge in [-0.15, -0.1) is 0 Å². The highest BCUT2D eigenvalue weighted by Gasteiger charge is 2.13. The van der Waals surface area contributed by atoms with Crippen molar-refractivity contribution < 1.29 is 9.69 Å². The molecule has 1 amide bonds. The summed E-state index contributed by atoms with van der Waals surface area (Å²) in [6.07, 6.45) is 4.91. The first-order chi connectivity index (χ1) is 13.1. The zero-order chi connectivity index (χ0) is 19.1. The largest absolute Gasteiger partial charge is 0.354 e. The van der Waals surface area contributed by atoms with E-state index in [1.54, 1.807) is 23.1 Å². The summed E-state index contributed by atoms with van der Waals surface area (Å²) in [7, 11) is 0. The molecule has 2 N–H and O–H groups in total. The van der Waals surface area contributed by atoms with Gasteiger partial charge in [0.05, 0.1) is 25.3 Å². The molecule has 0 atom stereocenters. The van der Waals surface area contributed by atoms with E-state index in [4.69, 9.17) is 11.6 Å². The Bertz CT molecular complexity index is 813. The van der Waals surface area contributed by atoms with Crippen LogP contribution < -0.4 is 15.8 Å². The maximum absolute atomic E-state index is 12.2. The third kappa shape index (κ3) is 5.91. The molecule has 1 aromatic heterocycles. The van der Waals surface area contributed by atoms with Crippen LogP contribution in [0, 0.1) is 0 Å². The number of rotatable bonds is 7. The zero-order valence-electron chi connectivity index (χ0n) is 15.4. The van der Waals surface area contributed by atoms with Gasteiger partial charge in [0.25, 0.3) is 5.56 Å². The SMILES string of the molecule is O=C(Cn1nc(-c2ccc(Cl)cc2)ccc1=O)NCCC[NH+]1CCCCC1. The van der Waals surface area contributed by atoms with E-state index in [0.29, 0.717) is 17.3 Å². The lowest BCUT2D eigenvalue weighted by atomic mass is 10.1. The van der Waals surface area contributed by atoms with Crippen LogP contribution in [0.4, 0.5) is 0 Å². The highest BCUT2D eigenvalue weighted by molar-refractivity contribution is 6.30. The molecule has 0 unspecified atom stereocenters. The Morgan fingerprint density at radius 1 is 1.11 bits per heavy atom. The van der Waals surface area contributed by atoms with Crippen LogP contribution in [0.3, 0.4) is 0 Å². The fraction of sp³-hybridized carbons (Fsp3) is 0.450. The molecule has 0 bridgehead atoms. The molecular weight excluding hydrogens is 364 g/mol. The van der Waals surface area contributed by atoms with Gasteiger partial charge in [0.2, 0.25) is 5.91 Å². The van der Waals surface area contributed by atoms with E-state index in [2.05, 4.69) is 10.4 Å². The first-order valence-corrected chi connectivity index (χ1v) is 9.94. The standard InChI is InChI=1S/C20H25ClN4O2/c21-17-7-5-16(6-8-17)18-9-10-20(27)25(23-18)15-19(26)22-11-4-14-24-12-2-1-3-13-24/h5-10H,1-4,11-15H2,(H,22,26)/p+1. The predicted molar refractivity (Wildman–Crippen MR) is 106 cm³/mol. The molecule has 6 nitrogen and oxygen atoms in total. The first-order valence-electron chi connectivity index (χ1n) is 9.56. The summed E-state index contributed by atoms with van der Waals surface area (Å²) in [4.78, 5) is 25.8. The maximum atomic E-state index is 12.2. The summed E-state index contributed by atoms with van der Waals surface area (Å²) in [6.45, 7) is 4.13. The number of halogens is 1. The van der Waals surface area contributed by atoms with Gasteiger partial charge in [-0.3, -0.25) is 9.59 Å². The summed E-state index contributed by atoms with van der Waals surface area (Å²) in [6, 6.07) is 10.3. The van der Waals surface area contributed by atoms with E-state index >= 15 is 0 Å². The van der Waals surface area contributed by atoms with Crippen molar-refractivity contribution in [1.29, 1.82) is 0 Å². The summed E-state index contributed by atoms with van der Waals surface area (Å²) >= 11 is 5.90. The number of amides is 1. The molecule has 1 saturated heterocycles. The number of carbonyl (C=O) groups excluding carboxylic acids is 1. The number of piperidine rings is 1. The molecular formula is C20H26ClN4O2+. The van der Waals surface area contributed by atoms with Crippen LogP contribution in [0.25, 0.3) is 11.3 Å². The van der Waals surface area contributed by atoms with Gasteiger partial charge in [0.15, 0.2) is 0 Å². The van der Waals surface area contributed by atoms with E-state index < -0.39 is 0 Å². The van der Waals surface area contributed by atoms with Gasteiger partial charge < -0.3 is 10.2 Å². The quantitative estimate of drug-likeness (QED) is 0.698. The molecule has 0 spiro atoms. The van der Waals surface area contributed by atoms with Crippen LogP contribution >= 0.6 is 11.6 Å². The second-order valence-electron chi connectivity index (χ2n) is 6.99. The van der Waals surface area contributed by atoms with Crippen LogP contribution in [-0.2, 0) is 11.3 Å². The lowest BCUT2D eigenvalue weighted by Crippen LogP contribution is -3.12. The molecule has 1 aliphatic heterocycles. The van der Waals surface area contributed by atoms with Crippen molar-refractivity contribution in [2.45, 2.75) is 32.2 Å². The van der Waals surface area contributed by atoms with Crippen LogP contribution in [0.5, 0.6) is 0 Å². The second kappa shape index (κ2) is 9.67. The van der Waals surface area contributed by atoms with Crippen molar-refractivity contribution in [1.82, 2.24) is 15.1 Å². The number of hydrogen-bond donors (Lipinski definition) is 2. The number of quaternary nitrogens is 1. The Kier molecular flexibility index (Phi) is 7.01. The molecule has 3 rings (SSSR count). The number of hydrogen-bond acceptors (Lipinski definition) is 3. The van der Waals surface area contributed by atoms with Crippen molar-refractivity contribution >= 4 is 17.5 Å². The monoisotopic (exact) mass is 389 g/mol. The Morgan fingerprint density at radius 3 is 2.59 bits per heavy atom. The van der Waals surface area contributed by atoms with Gasteiger partial charge in [-0.05, 0) is 37.5 Å². The fourth-order valence-corrected chi connectivity index (χ4v) is 3.52. The average molecular weight is 390 g/mol. The maximum Gasteiger partial charge on any atom is 0.267 e. The topological polar surface area (TPSA) is 68.4 Å². The van der Waals surface area contributed by atoms with Crippen molar-refractivity contribution in [2.75, 3.05) is 26.2 Å². The third-order valence-electron chi connectivity index (χ3n) is 4.89. The number of benzene rings is 1. The van der Waals surface area contributed by atoms with Gasteiger partial charge in [-0.1, -0.05) is 23.7 Å². The van der Waals surface area contributed by atoms with Crippen LogP contribution in [0.2, 0.25) is 5.02 Å². The Balaban J connectivity index is 1.51. The summed E-state index contributed by atoms with van der Waals surface area (Å²) < 4.78 is 1.20. The van der Waals surface area contributed by atoms with Gasteiger partial charge in [-0.25, -0.2) is 4.68 Å². The van der Waals surface area contributed by atoms with Gasteiger partial charge >= 0.3 is 0 Å². The molecule has 1 aliphatic rings. The van der Waals surface area contributed by atoms with Crippen LogP contribution in [-0.4, -0.2) is 41.9 Å². The number of carbonyl (C=O) groups is 1. The molecule has 1 aromatic carbocycles. The first kappa shape index (κ1) is 19.6. The zero-order valence-corrected chi connectivity index (χ0v) is 16.2. The van der Waals surface area contributed by atoms with Crippen molar-refractivity contribution in [3.63, 3.8) is 0 Å². The minimum atomic E-state index is -0.291. The Labute approximate surface area is 164 Å². The second-order valence-corrected chi connectivity index (χ2v) is 7.42.